The van der Waals surface area contributed by atoms with Crippen LogP contribution in [0.5, 0.6) is 5.75 Å². The summed E-state index contributed by atoms with van der Waals surface area (Å²) in [5.41, 5.74) is 1.45. The van der Waals surface area contributed by atoms with Gasteiger partial charge in [0.2, 0.25) is 0 Å². The number of hydrogen-bond acceptors (Lipinski definition) is 5. The predicted molar refractivity (Wildman–Crippen MR) is 85.1 cm³/mol. The Hall–Kier alpha value is -2.07. The summed E-state index contributed by atoms with van der Waals surface area (Å²) in [6.45, 7) is 1.66. The zero-order valence-electron chi connectivity index (χ0n) is 12.7. The summed E-state index contributed by atoms with van der Waals surface area (Å²) in [6.07, 6.45) is 2.51. The molecule has 23 heavy (non-hydrogen) atoms. The summed E-state index contributed by atoms with van der Waals surface area (Å²) in [5.74, 6) is 0.641. The number of hydrogen-bond donors (Lipinski definition) is 1. The van der Waals surface area contributed by atoms with E-state index in [1.807, 2.05) is 13.1 Å². The van der Waals surface area contributed by atoms with E-state index in [4.69, 9.17) is 16.3 Å². The number of ether oxygens (including phenoxy) is 1. The molecule has 120 valence electrons. The van der Waals surface area contributed by atoms with Crippen LogP contribution >= 0.6 is 11.6 Å². The number of nitriles is 1. The van der Waals surface area contributed by atoms with Crippen molar-refractivity contribution in [2.45, 2.75) is 18.8 Å². The number of benzene rings is 1. The van der Waals surface area contributed by atoms with Crippen LogP contribution in [0, 0.1) is 11.3 Å². The summed E-state index contributed by atoms with van der Waals surface area (Å²) in [4.78, 5) is 2.07. The van der Waals surface area contributed by atoms with Crippen LogP contribution < -0.4 is 4.74 Å². The van der Waals surface area contributed by atoms with Crippen molar-refractivity contribution in [3.05, 3.63) is 46.7 Å². The Morgan fingerprint density at radius 1 is 1.48 bits per heavy atom. The van der Waals surface area contributed by atoms with Crippen LogP contribution in [0.4, 0.5) is 0 Å². The Morgan fingerprint density at radius 3 is 3.00 bits per heavy atom. The van der Waals surface area contributed by atoms with Crippen molar-refractivity contribution in [2.24, 2.45) is 7.05 Å². The van der Waals surface area contributed by atoms with Gasteiger partial charge < -0.3 is 9.84 Å². The highest BCUT2D eigenvalue weighted by Crippen LogP contribution is 2.22. The number of likely N-dealkylation sites (tertiary alicyclic amines) is 1. The SMILES string of the molecule is Cn1cc(O[C@@H]2CN(Cc3ccc(Cl)cc3C#N)C[C@H]2O)cn1. The minimum atomic E-state index is -0.576. The van der Waals surface area contributed by atoms with Gasteiger partial charge in [-0.3, -0.25) is 9.58 Å². The first kappa shape index (κ1) is 15.8. The van der Waals surface area contributed by atoms with Crippen molar-refractivity contribution >= 4 is 11.6 Å². The first-order valence-electron chi connectivity index (χ1n) is 7.29. The van der Waals surface area contributed by atoms with Gasteiger partial charge in [0.1, 0.15) is 12.2 Å². The molecule has 1 N–H and O–H groups in total. The van der Waals surface area contributed by atoms with Gasteiger partial charge in [-0.25, -0.2) is 0 Å². The zero-order valence-corrected chi connectivity index (χ0v) is 13.4. The molecular weight excluding hydrogens is 316 g/mol. The molecule has 1 saturated heterocycles. The Kier molecular flexibility index (Phi) is 4.53. The number of aryl methyl sites for hydroxylation is 1. The zero-order chi connectivity index (χ0) is 16.4. The fraction of sp³-hybridized carbons (Fsp3) is 0.375. The minimum absolute atomic E-state index is 0.308. The molecule has 1 aromatic heterocycles. The second kappa shape index (κ2) is 6.59. The predicted octanol–water partition coefficient (Wildman–Crippen LogP) is 1.57. The van der Waals surface area contributed by atoms with Crippen LogP contribution in [-0.2, 0) is 13.6 Å². The second-order valence-electron chi connectivity index (χ2n) is 5.68. The van der Waals surface area contributed by atoms with Crippen LogP contribution in [-0.4, -0.2) is 45.1 Å². The third-order valence-electron chi connectivity index (χ3n) is 3.87. The van der Waals surface area contributed by atoms with E-state index in [2.05, 4.69) is 16.1 Å². The molecule has 0 radical (unpaired) electrons. The molecule has 0 amide bonds. The summed E-state index contributed by atoms with van der Waals surface area (Å²) in [6, 6.07) is 7.44. The van der Waals surface area contributed by atoms with Crippen molar-refractivity contribution in [2.75, 3.05) is 13.1 Å². The number of β-amino-alcohol motifs (C(OH)–C–C–N with tert-alkyl or cyclic N) is 1. The highest BCUT2D eigenvalue weighted by Gasteiger charge is 2.33. The van der Waals surface area contributed by atoms with Gasteiger partial charge >= 0.3 is 0 Å². The molecule has 0 bridgehead atoms. The molecule has 0 aliphatic carbocycles. The highest BCUT2D eigenvalue weighted by molar-refractivity contribution is 6.30. The van der Waals surface area contributed by atoms with Crippen LogP contribution in [0.25, 0.3) is 0 Å². The van der Waals surface area contributed by atoms with Crippen molar-refractivity contribution in [1.29, 1.82) is 5.26 Å². The van der Waals surface area contributed by atoms with E-state index in [-0.39, 0.29) is 6.10 Å². The molecule has 1 aliphatic rings. The number of aliphatic hydroxyl groups is 1. The van der Waals surface area contributed by atoms with Gasteiger partial charge in [0, 0.05) is 31.7 Å². The molecule has 2 aromatic rings. The third-order valence-corrected chi connectivity index (χ3v) is 4.10. The summed E-state index contributed by atoms with van der Waals surface area (Å²) in [5, 5.41) is 24.0. The van der Waals surface area contributed by atoms with Crippen LogP contribution in [0.2, 0.25) is 5.02 Å². The fourth-order valence-corrected chi connectivity index (χ4v) is 2.92. The molecule has 0 unspecified atom stereocenters. The minimum Gasteiger partial charge on any atom is -0.483 e. The van der Waals surface area contributed by atoms with E-state index in [0.717, 1.165) is 5.56 Å². The molecule has 1 fully saturated rings. The van der Waals surface area contributed by atoms with Gasteiger partial charge in [0.25, 0.3) is 0 Å². The molecular formula is C16H17ClN4O2. The van der Waals surface area contributed by atoms with E-state index >= 15 is 0 Å². The Morgan fingerprint density at radius 2 is 2.30 bits per heavy atom. The average Bonchev–Trinajstić information content (AvgIpc) is 3.07. The second-order valence-corrected chi connectivity index (χ2v) is 6.12. The molecule has 6 nitrogen and oxygen atoms in total. The van der Waals surface area contributed by atoms with Gasteiger partial charge in [-0.05, 0) is 17.7 Å². The molecule has 1 aliphatic heterocycles. The molecule has 1 aromatic carbocycles. The van der Waals surface area contributed by atoms with Gasteiger partial charge in [0.15, 0.2) is 5.75 Å². The lowest BCUT2D eigenvalue weighted by molar-refractivity contribution is 0.0736. The topological polar surface area (TPSA) is 74.3 Å². The molecule has 2 heterocycles. The van der Waals surface area contributed by atoms with Gasteiger partial charge in [0.05, 0.1) is 24.0 Å². The lowest BCUT2D eigenvalue weighted by Crippen LogP contribution is -2.29. The monoisotopic (exact) mass is 332 g/mol. The number of aliphatic hydroxyl groups excluding tert-OH is 1. The average molecular weight is 333 g/mol. The standard InChI is InChI=1S/C16H17ClN4O2/c1-20-8-14(6-19-20)23-16-10-21(9-15(16)22)7-11-2-3-13(17)4-12(11)5-18/h2-4,6,8,15-16,22H,7,9-10H2,1H3/t15-,16-/m1/s1. The van der Waals surface area contributed by atoms with Crippen molar-refractivity contribution in [3.8, 4) is 11.8 Å². The third kappa shape index (κ3) is 3.64. The number of rotatable bonds is 4. The lowest BCUT2D eigenvalue weighted by atomic mass is 10.1. The molecule has 2 atom stereocenters. The van der Waals surface area contributed by atoms with Crippen LogP contribution in [0.3, 0.4) is 0 Å². The normalized spacial score (nSPS) is 21.3. The summed E-state index contributed by atoms with van der Waals surface area (Å²) in [7, 11) is 1.81. The van der Waals surface area contributed by atoms with Crippen LogP contribution in [0.15, 0.2) is 30.6 Å². The van der Waals surface area contributed by atoms with Crippen molar-refractivity contribution in [3.63, 3.8) is 0 Å². The van der Waals surface area contributed by atoms with Crippen molar-refractivity contribution < 1.29 is 9.84 Å². The maximum absolute atomic E-state index is 10.2. The van der Waals surface area contributed by atoms with Crippen LogP contribution in [0.1, 0.15) is 11.1 Å². The largest absolute Gasteiger partial charge is 0.483 e. The quantitative estimate of drug-likeness (QED) is 0.920. The van der Waals surface area contributed by atoms with Crippen molar-refractivity contribution in [1.82, 2.24) is 14.7 Å². The highest BCUT2D eigenvalue weighted by atomic mass is 35.5. The van der Waals surface area contributed by atoms with Gasteiger partial charge in [-0.1, -0.05) is 17.7 Å². The lowest BCUT2D eigenvalue weighted by Gasteiger charge is -2.16. The molecule has 0 spiro atoms. The first-order valence-corrected chi connectivity index (χ1v) is 7.67. The van der Waals surface area contributed by atoms with Gasteiger partial charge in [-0.15, -0.1) is 0 Å². The Bertz CT molecular complexity index is 740. The van der Waals surface area contributed by atoms with E-state index in [1.54, 1.807) is 29.2 Å². The molecule has 7 heteroatoms. The maximum atomic E-state index is 10.2. The Labute approximate surface area is 139 Å². The number of nitrogens with zero attached hydrogens (tertiary/aromatic N) is 4. The van der Waals surface area contributed by atoms with E-state index in [9.17, 15) is 10.4 Å². The van der Waals surface area contributed by atoms with E-state index < -0.39 is 6.10 Å². The van der Waals surface area contributed by atoms with E-state index in [1.165, 1.54) is 0 Å². The van der Waals surface area contributed by atoms with E-state index in [0.29, 0.717) is 36.0 Å². The molecule has 0 saturated carbocycles. The smallest absolute Gasteiger partial charge is 0.157 e. The fourth-order valence-electron chi connectivity index (χ4n) is 2.74. The maximum Gasteiger partial charge on any atom is 0.157 e. The summed E-state index contributed by atoms with van der Waals surface area (Å²) < 4.78 is 7.45. The number of halogens is 1. The first-order chi connectivity index (χ1) is 11.0. The van der Waals surface area contributed by atoms with Gasteiger partial charge in [-0.2, -0.15) is 10.4 Å². The summed E-state index contributed by atoms with van der Waals surface area (Å²) >= 11 is 5.92. The molecule has 3 rings (SSSR count). The number of aromatic nitrogens is 2. The Balaban J connectivity index is 1.66.